The van der Waals surface area contributed by atoms with Crippen LogP contribution in [-0.4, -0.2) is 19.7 Å². The fourth-order valence-corrected chi connectivity index (χ4v) is 2.97. The number of rotatable bonds is 4. The van der Waals surface area contributed by atoms with Gasteiger partial charge in [0.05, 0.1) is 6.61 Å². The minimum Gasteiger partial charge on any atom is -0.493 e. The number of hydrogen-bond acceptors (Lipinski definition) is 2. The third-order valence-corrected chi connectivity index (χ3v) is 4.11. The molecule has 2 aromatic carbocycles. The second-order valence-electron chi connectivity index (χ2n) is 5.53. The lowest BCUT2D eigenvalue weighted by Crippen LogP contribution is -2.38. The van der Waals surface area contributed by atoms with Crippen LogP contribution in [0.5, 0.6) is 5.75 Å². The number of halogens is 2. The summed E-state index contributed by atoms with van der Waals surface area (Å²) in [5.41, 5.74) is 1.21. The molecule has 1 fully saturated rings. The predicted molar refractivity (Wildman–Crippen MR) is 89.3 cm³/mol. The maximum atomic E-state index is 13.1. The molecule has 0 aromatic heterocycles. The van der Waals surface area contributed by atoms with Crippen molar-refractivity contribution in [1.82, 2.24) is 5.32 Å². The zero-order chi connectivity index (χ0) is 14.5. The molecule has 118 valence electrons. The highest BCUT2D eigenvalue weighted by Crippen LogP contribution is 2.31. The second kappa shape index (κ2) is 8.16. The molecule has 1 aliphatic rings. The summed E-state index contributed by atoms with van der Waals surface area (Å²) in [6.45, 7) is 2.62. The Labute approximate surface area is 137 Å². The van der Waals surface area contributed by atoms with Gasteiger partial charge in [0.15, 0.2) is 0 Å². The van der Waals surface area contributed by atoms with Gasteiger partial charge in [-0.1, -0.05) is 30.3 Å². The van der Waals surface area contributed by atoms with Crippen LogP contribution in [0, 0.1) is 11.7 Å². The average Bonchev–Trinajstić information content (AvgIpc) is 2.55. The van der Waals surface area contributed by atoms with Gasteiger partial charge < -0.3 is 10.1 Å². The van der Waals surface area contributed by atoms with E-state index in [1.165, 1.54) is 5.56 Å². The minimum atomic E-state index is -0.176. The Morgan fingerprint density at radius 2 is 1.77 bits per heavy atom. The van der Waals surface area contributed by atoms with E-state index < -0.39 is 0 Å². The van der Waals surface area contributed by atoms with Crippen LogP contribution >= 0.6 is 12.4 Å². The van der Waals surface area contributed by atoms with Crippen LogP contribution in [-0.2, 0) is 0 Å². The van der Waals surface area contributed by atoms with Crippen LogP contribution in [0.2, 0.25) is 0 Å². The first-order valence-electron chi connectivity index (χ1n) is 7.47. The van der Waals surface area contributed by atoms with Gasteiger partial charge in [-0.3, -0.25) is 0 Å². The maximum Gasteiger partial charge on any atom is 0.123 e. The van der Waals surface area contributed by atoms with E-state index >= 15 is 0 Å². The fraction of sp³-hybridized carbons (Fsp3) is 0.333. The number of benzene rings is 2. The molecule has 0 aliphatic carbocycles. The molecule has 2 aromatic rings. The molecule has 4 heteroatoms. The molecule has 22 heavy (non-hydrogen) atoms. The Morgan fingerprint density at radius 3 is 2.50 bits per heavy atom. The van der Waals surface area contributed by atoms with Crippen molar-refractivity contribution in [3.63, 3.8) is 0 Å². The molecule has 1 aliphatic heterocycles. The average molecular weight is 322 g/mol. The maximum absolute atomic E-state index is 13.1. The first kappa shape index (κ1) is 16.8. The Morgan fingerprint density at radius 1 is 1.05 bits per heavy atom. The van der Waals surface area contributed by atoms with Crippen molar-refractivity contribution in [3.05, 3.63) is 66.0 Å². The quantitative estimate of drug-likeness (QED) is 0.918. The molecule has 0 saturated carbocycles. The molecule has 1 N–H and O–H groups in total. The van der Waals surface area contributed by atoms with Crippen LogP contribution in [0.1, 0.15) is 17.9 Å². The molecule has 2 nitrogen and oxygen atoms in total. The van der Waals surface area contributed by atoms with Gasteiger partial charge >= 0.3 is 0 Å². The largest absolute Gasteiger partial charge is 0.493 e. The SMILES string of the molecule is Cl.Fc1ccc([C@H]2CCNC[C@@H]2COc2ccccc2)cc1. The van der Waals surface area contributed by atoms with Crippen molar-refractivity contribution in [2.45, 2.75) is 12.3 Å². The molecule has 3 rings (SSSR count). The summed E-state index contributed by atoms with van der Waals surface area (Å²) in [6.07, 6.45) is 1.06. The summed E-state index contributed by atoms with van der Waals surface area (Å²) in [7, 11) is 0. The van der Waals surface area contributed by atoms with Gasteiger partial charge in [-0.25, -0.2) is 4.39 Å². The third kappa shape index (κ3) is 4.21. The van der Waals surface area contributed by atoms with Crippen LogP contribution in [0.4, 0.5) is 4.39 Å². The van der Waals surface area contributed by atoms with Crippen molar-refractivity contribution in [2.75, 3.05) is 19.7 Å². The Hall–Kier alpha value is -1.58. The fourth-order valence-electron chi connectivity index (χ4n) is 2.97. The summed E-state index contributed by atoms with van der Waals surface area (Å²) < 4.78 is 19.0. The Balaban J connectivity index is 0.00000176. The van der Waals surface area contributed by atoms with Crippen molar-refractivity contribution in [3.8, 4) is 5.75 Å². The molecule has 1 heterocycles. The molecular weight excluding hydrogens is 301 g/mol. The summed E-state index contributed by atoms with van der Waals surface area (Å²) in [4.78, 5) is 0. The Bertz CT molecular complexity index is 561. The van der Waals surface area contributed by atoms with E-state index in [-0.39, 0.29) is 18.2 Å². The smallest absolute Gasteiger partial charge is 0.123 e. The van der Waals surface area contributed by atoms with E-state index in [0.717, 1.165) is 25.3 Å². The first-order chi connectivity index (χ1) is 10.3. The molecule has 1 saturated heterocycles. The molecule has 0 unspecified atom stereocenters. The molecule has 0 spiro atoms. The van der Waals surface area contributed by atoms with E-state index in [1.54, 1.807) is 12.1 Å². The van der Waals surface area contributed by atoms with E-state index in [0.29, 0.717) is 18.4 Å². The second-order valence-corrected chi connectivity index (χ2v) is 5.53. The van der Waals surface area contributed by atoms with Gasteiger partial charge in [0.1, 0.15) is 11.6 Å². The summed E-state index contributed by atoms with van der Waals surface area (Å²) in [6, 6.07) is 16.8. The van der Waals surface area contributed by atoms with Gasteiger partial charge in [0, 0.05) is 12.5 Å². The molecule has 0 radical (unpaired) electrons. The number of nitrogens with one attached hydrogen (secondary N) is 1. The highest BCUT2D eigenvalue weighted by Gasteiger charge is 2.26. The van der Waals surface area contributed by atoms with E-state index in [2.05, 4.69) is 5.32 Å². The summed E-state index contributed by atoms with van der Waals surface area (Å²) in [5.74, 6) is 1.56. The molecular formula is C18H21ClFNO. The lowest BCUT2D eigenvalue weighted by molar-refractivity contribution is 0.197. The van der Waals surface area contributed by atoms with E-state index in [4.69, 9.17) is 4.74 Å². The van der Waals surface area contributed by atoms with Crippen LogP contribution in [0.3, 0.4) is 0 Å². The van der Waals surface area contributed by atoms with E-state index in [1.807, 2.05) is 42.5 Å². The topological polar surface area (TPSA) is 21.3 Å². The van der Waals surface area contributed by atoms with Crippen molar-refractivity contribution >= 4 is 12.4 Å². The monoisotopic (exact) mass is 321 g/mol. The van der Waals surface area contributed by atoms with Crippen molar-refractivity contribution in [2.24, 2.45) is 5.92 Å². The Kier molecular flexibility index (Phi) is 6.22. The lowest BCUT2D eigenvalue weighted by Gasteiger charge is -2.32. The highest BCUT2D eigenvalue weighted by atomic mass is 35.5. The van der Waals surface area contributed by atoms with Gasteiger partial charge in [0.2, 0.25) is 0 Å². The third-order valence-electron chi connectivity index (χ3n) is 4.11. The van der Waals surface area contributed by atoms with Gasteiger partial charge in [0.25, 0.3) is 0 Å². The van der Waals surface area contributed by atoms with Crippen LogP contribution < -0.4 is 10.1 Å². The number of piperidine rings is 1. The standard InChI is InChI=1S/C18H20FNO.ClH/c19-16-8-6-14(7-9-16)18-10-11-20-12-15(18)13-21-17-4-2-1-3-5-17;/h1-9,15,18,20H,10-13H2;1H/t15-,18-;/m1./s1. The van der Waals surface area contributed by atoms with E-state index in [9.17, 15) is 4.39 Å². The van der Waals surface area contributed by atoms with Gasteiger partial charge in [-0.05, 0) is 48.7 Å². The van der Waals surface area contributed by atoms with Crippen molar-refractivity contribution < 1.29 is 9.13 Å². The number of para-hydroxylation sites is 1. The van der Waals surface area contributed by atoms with Crippen LogP contribution in [0.15, 0.2) is 54.6 Å². The molecule has 0 bridgehead atoms. The van der Waals surface area contributed by atoms with Crippen molar-refractivity contribution in [1.29, 1.82) is 0 Å². The molecule has 0 amide bonds. The zero-order valence-electron chi connectivity index (χ0n) is 12.4. The predicted octanol–water partition coefficient (Wildman–Crippen LogP) is 4.02. The van der Waals surface area contributed by atoms with Gasteiger partial charge in [-0.15, -0.1) is 12.4 Å². The first-order valence-corrected chi connectivity index (χ1v) is 7.47. The normalized spacial score (nSPS) is 21.0. The highest BCUT2D eigenvalue weighted by molar-refractivity contribution is 5.85. The number of hydrogen-bond donors (Lipinski definition) is 1. The zero-order valence-corrected chi connectivity index (χ0v) is 13.2. The molecule has 2 atom stereocenters. The lowest BCUT2D eigenvalue weighted by atomic mass is 9.81. The van der Waals surface area contributed by atoms with Gasteiger partial charge in [-0.2, -0.15) is 0 Å². The minimum absolute atomic E-state index is 0. The summed E-state index contributed by atoms with van der Waals surface area (Å²) in [5, 5.41) is 3.43. The summed E-state index contributed by atoms with van der Waals surface area (Å²) >= 11 is 0. The van der Waals surface area contributed by atoms with Crippen LogP contribution in [0.25, 0.3) is 0 Å². The number of ether oxygens (including phenoxy) is 1.